The Labute approximate surface area is 96.3 Å². The molecule has 0 spiro atoms. The lowest BCUT2D eigenvalue weighted by Gasteiger charge is -2.03. The Morgan fingerprint density at radius 3 is 2.82 bits per heavy atom. The van der Waals surface area contributed by atoms with Crippen molar-refractivity contribution in [3.63, 3.8) is 0 Å². The number of carbonyl (C=O) groups is 1. The zero-order chi connectivity index (χ0) is 12.4. The SMILES string of the molecule is CNC(=O)c1nc(-c2noc(C)n2)cnc1N. The number of nitrogens with one attached hydrogen (secondary N) is 1. The van der Waals surface area contributed by atoms with E-state index in [1.807, 2.05) is 0 Å². The summed E-state index contributed by atoms with van der Waals surface area (Å²) in [5.74, 6) is 0.297. The van der Waals surface area contributed by atoms with Gasteiger partial charge in [-0.05, 0) is 0 Å². The van der Waals surface area contributed by atoms with Crippen LogP contribution < -0.4 is 11.1 Å². The van der Waals surface area contributed by atoms with Crippen LogP contribution in [0, 0.1) is 6.92 Å². The van der Waals surface area contributed by atoms with E-state index in [0.717, 1.165) is 0 Å². The lowest BCUT2D eigenvalue weighted by atomic mass is 10.3. The van der Waals surface area contributed by atoms with Gasteiger partial charge in [0.2, 0.25) is 11.7 Å². The second-order valence-corrected chi connectivity index (χ2v) is 3.21. The third-order valence-corrected chi connectivity index (χ3v) is 2.00. The number of aromatic nitrogens is 4. The van der Waals surface area contributed by atoms with E-state index in [-0.39, 0.29) is 17.3 Å². The van der Waals surface area contributed by atoms with Crippen molar-refractivity contribution in [2.75, 3.05) is 12.8 Å². The second-order valence-electron chi connectivity index (χ2n) is 3.21. The van der Waals surface area contributed by atoms with Crippen molar-refractivity contribution < 1.29 is 9.32 Å². The molecule has 0 saturated heterocycles. The average molecular weight is 234 g/mol. The molecule has 0 aliphatic heterocycles. The molecule has 0 bridgehead atoms. The molecule has 0 saturated carbocycles. The van der Waals surface area contributed by atoms with Crippen LogP contribution in [0.1, 0.15) is 16.4 Å². The van der Waals surface area contributed by atoms with Crippen molar-refractivity contribution >= 4 is 11.7 Å². The first-order chi connectivity index (χ1) is 8.11. The van der Waals surface area contributed by atoms with E-state index in [2.05, 4.69) is 25.4 Å². The summed E-state index contributed by atoms with van der Waals surface area (Å²) >= 11 is 0. The summed E-state index contributed by atoms with van der Waals surface area (Å²) in [5.41, 5.74) is 5.91. The molecule has 17 heavy (non-hydrogen) atoms. The number of carbonyl (C=O) groups excluding carboxylic acids is 1. The van der Waals surface area contributed by atoms with Gasteiger partial charge in [-0.15, -0.1) is 0 Å². The first-order valence-electron chi connectivity index (χ1n) is 4.77. The van der Waals surface area contributed by atoms with Gasteiger partial charge in [-0.1, -0.05) is 5.16 Å². The highest BCUT2D eigenvalue weighted by Crippen LogP contribution is 2.14. The van der Waals surface area contributed by atoms with Gasteiger partial charge >= 0.3 is 0 Å². The molecule has 2 aromatic rings. The highest BCUT2D eigenvalue weighted by molar-refractivity contribution is 5.96. The fourth-order valence-corrected chi connectivity index (χ4v) is 1.19. The molecule has 0 fully saturated rings. The maximum Gasteiger partial charge on any atom is 0.273 e. The van der Waals surface area contributed by atoms with Gasteiger partial charge < -0.3 is 15.6 Å². The smallest absolute Gasteiger partial charge is 0.273 e. The van der Waals surface area contributed by atoms with Gasteiger partial charge in [0.05, 0.1) is 6.20 Å². The van der Waals surface area contributed by atoms with Crippen molar-refractivity contribution in [2.24, 2.45) is 0 Å². The van der Waals surface area contributed by atoms with Crippen LogP contribution in [0.4, 0.5) is 5.82 Å². The second kappa shape index (κ2) is 4.16. The minimum Gasteiger partial charge on any atom is -0.382 e. The number of hydrogen-bond donors (Lipinski definition) is 2. The Hall–Kier alpha value is -2.51. The number of nitrogen functional groups attached to an aromatic ring is 1. The van der Waals surface area contributed by atoms with Crippen molar-refractivity contribution in [1.29, 1.82) is 0 Å². The van der Waals surface area contributed by atoms with Gasteiger partial charge in [-0.25, -0.2) is 9.97 Å². The largest absolute Gasteiger partial charge is 0.382 e. The number of nitrogens with zero attached hydrogens (tertiary/aromatic N) is 4. The number of nitrogens with two attached hydrogens (primary N) is 1. The van der Waals surface area contributed by atoms with Crippen LogP contribution in [0.15, 0.2) is 10.7 Å². The Kier molecular flexibility index (Phi) is 2.69. The summed E-state index contributed by atoms with van der Waals surface area (Å²) in [6, 6.07) is 0. The van der Waals surface area contributed by atoms with Crippen LogP contribution in [0.5, 0.6) is 0 Å². The Morgan fingerprint density at radius 2 is 2.24 bits per heavy atom. The monoisotopic (exact) mass is 234 g/mol. The van der Waals surface area contributed by atoms with Gasteiger partial charge in [0.25, 0.3) is 5.91 Å². The molecule has 1 amide bonds. The van der Waals surface area contributed by atoms with Gasteiger partial charge in [-0.3, -0.25) is 4.79 Å². The maximum absolute atomic E-state index is 11.5. The molecule has 0 unspecified atom stereocenters. The average Bonchev–Trinajstić information content (AvgIpc) is 2.75. The molecular weight excluding hydrogens is 224 g/mol. The third kappa shape index (κ3) is 2.05. The third-order valence-electron chi connectivity index (χ3n) is 2.00. The van der Waals surface area contributed by atoms with Crippen LogP contribution >= 0.6 is 0 Å². The van der Waals surface area contributed by atoms with Crippen LogP contribution in [-0.2, 0) is 0 Å². The highest BCUT2D eigenvalue weighted by Gasteiger charge is 2.15. The van der Waals surface area contributed by atoms with Gasteiger partial charge in [-0.2, -0.15) is 4.98 Å². The van der Waals surface area contributed by atoms with Gasteiger partial charge in [0.1, 0.15) is 5.69 Å². The molecule has 8 nitrogen and oxygen atoms in total. The predicted molar refractivity (Wildman–Crippen MR) is 57.9 cm³/mol. The number of aryl methyl sites for hydroxylation is 1. The van der Waals surface area contributed by atoms with Crippen molar-refractivity contribution in [3.05, 3.63) is 17.8 Å². The van der Waals surface area contributed by atoms with Gasteiger partial charge in [0, 0.05) is 14.0 Å². The molecule has 0 radical (unpaired) electrons. The number of hydrogen-bond acceptors (Lipinski definition) is 7. The summed E-state index contributed by atoms with van der Waals surface area (Å²) < 4.78 is 4.82. The number of rotatable bonds is 2. The van der Waals surface area contributed by atoms with E-state index >= 15 is 0 Å². The van der Waals surface area contributed by atoms with E-state index in [4.69, 9.17) is 10.3 Å². The summed E-state index contributed by atoms with van der Waals surface area (Å²) in [4.78, 5) is 23.4. The molecule has 0 aliphatic carbocycles. The van der Waals surface area contributed by atoms with E-state index in [0.29, 0.717) is 11.6 Å². The number of anilines is 1. The normalized spacial score (nSPS) is 10.2. The topological polar surface area (TPSA) is 120 Å². The van der Waals surface area contributed by atoms with Gasteiger partial charge in [0.15, 0.2) is 11.5 Å². The van der Waals surface area contributed by atoms with Crippen molar-refractivity contribution in [1.82, 2.24) is 25.4 Å². The predicted octanol–water partition coefficient (Wildman–Crippen LogP) is -0.223. The first kappa shape index (κ1) is 11.0. The summed E-state index contributed by atoms with van der Waals surface area (Å²) in [7, 11) is 1.48. The Balaban J connectivity index is 2.47. The molecule has 0 aliphatic rings. The van der Waals surface area contributed by atoms with E-state index in [1.54, 1.807) is 6.92 Å². The molecule has 2 heterocycles. The highest BCUT2D eigenvalue weighted by atomic mass is 16.5. The lowest BCUT2D eigenvalue weighted by molar-refractivity contribution is 0.0959. The maximum atomic E-state index is 11.5. The van der Waals surface area contributed by atoms with Crippen molar-refractivity contribution in [3.8, 4) is 11.5 Å². The Bertz CT molecular complexity index is 564. The Morgan fingerprint density at radius 1 is 1.47 bits per heavy atom. The minimum absolute atomic E-state index is 0.0347. The quantitative estimate of drug-likeness (QED) is 0.736. The van der Waals surface area contributed by atoms with E-state index < -0.39 is 5.91 Å². The molecule has 0 aromatic carbocycles. The lowest BCUT2D eigenvalue weighted by Crippen LogP contribution is -2.21. The zero-order valence-corrected chi connectivity index (χ0v) is 9.26. The fraction of sp³-hybridized carbons (Fsp3) is 0.222. The molecular formula is C9H10N6O2. The molecule has 2 aromatic heterocycles. The zero-order valence-electron chi connectivity index (χ0n) is 9.26. The summed E-state index contributed by atoms with van der Waals surface area (Å²) in [6.07, 6.45) is 1.38. The summed E-state index contributed by atoms with van der Waals surface area (Å²) in [5, 5.41) is 6.10. The minimum atomic E-state index is -0.419. The van der Waals surface area contributed by atoms with Crippen LogP contribution in [-0.4, -0.2) is 33.1 Å². The molecule has 0 atom stereocenters. The van der Waals surface area contributed by atoms with Crippen LogP contribution in [0.25, 0.3) is 11.5 Å². The number of amides is 1. The molecule has 88 valence electrons. The van der Waals surface area contributed by atoms with Crippen LogP contribution in [0.3, 0.4) is 0 Å². The van der Waals surface area contributed by atoms with E-state index in [9.17, 15) is 4.79 Å². The first-order valence-corrected chi connectivity index (χ1v) is 4.77. The molecule has 8 heteroatoms. The summed E-state index contributed by atoms with van der Waals surface area (Å²) in [6.45, 7) is 1.65. The molecule has 2 rings (SSSR count). The standard InChI is InChI=1S/C9H10N6O2/c1-4-13-8(15-17-4)5-3-12-7(10)6(14-5)9(16)11-2/h3H,1-2H3,(H2,10,12)(H,11,16). The van der Waals surface area contributed by atoms with Crippen molar-refractivity contribution in [2.45, 2.75) is 6.92 Å². The van der Waals surface area contributed by atoms with Crippen LogP contribution in [0.2, 0.25) is 0 Å². The van der Waals surface area contributed by atoms with E-state index in [1.165, 1.54) is 13.2 Å². The molecule has 3 N–H and O–H groups in total. The fourth-order valence-electron chi connectivity index (χ4n) is 1.19.